The standard InChI is InChI=1S/C30H47NO8/c1-10-13-19(4)25(32)37-23-16-15-22(17-24(23)38-26(33)20(5)14-11-2)18-30(27(34)35,31-21(6)12-3)39-28(36)29(7,8)9/h15-17,19-21,31H,10-14,18H2,1-9H3,(H,34,35)/t19?,20?,21?,30-/m0/s1. The zero-order valence-electron chi connectivity index (χ0n) is 25.0. The third-order valence-electron chi connectivity index (χ3n) is 6.45. The molecule has 0 heterocycles. The topological polar surface area (TPSA) is 128 Å². The van der Waals surface area contributed by atoms with Gasteiger partial charge in [0.1, 0.15) is 0 Å². The Morgan fingerprint density at radius 3 is 1.82 bits per heavy atom. The van der Waals surface area contributed by atoms with Crippen LogP contribution in [0.1, 0.15) is 100.0 Å². The van der Waals surface area contributed by atoms with E-state index in [9.17, 15) is 24.3 Å². The number of carbonyl (C=O) groups is 4. The van der Waals surface area contributed by atoms with Crippen LogP contribution < -0.4 is 14.8 Å². The predicted molar refractivity (Wildman–Crippen MR) is 148 cm³/mol. The summed E-state index contributed by atoms with van der Waals surface area (Å²) in [5, 5.41) is 13.2. The van der Waals surface area contributed by atoms with Crippen LogP contribution in [0, 0.1) is 17.3 Å². The van der Waals surface area contributed by atoms with Crippen LogP contribution in [0.4, 0.5) is 0 Å². The molecule has 0 saturated heterocycles. The van der Waals surface area contributed by atoms with Gasteiger partial charge in [0.2, 0.25) is 0 Å². The summed E-state index contributed by atoms with van der Waals surface area (Å²) in [6.07, 6.45) is 3.18. The monoisotopic (exact) mass is 549 g/mol. The van der Waals surface area contributed by atoms with Gasteiger partial charge in [0.15, 0.2) is 11.5 Å². The van der Waals surface area contributed by atoms with Crippen molar-refractivity contribution in [2.24, 2.45) is 17.3 Å². The minimum Gasteiger partial charge on any atom is -0.477 e. The van der Waals surface area contributed by atoms with Gasteiger partial charge in [-0.1, -0.05) is 53.5 Å². The summed E-state index contributed by atoms with van der Waals surface area (Å²) in [6.45, 7) is 16.0. The van der Waals surface area contributed by atoms with Crippen LogP contribution in [-0.2, 0) is 30.3 Å². The molecule has 0 aliphatic heterocycles. The van der Waals surface area contributed by atoms with Crippen LogP contribution in [0.2, 0.25) is 0 Å². The molecule has 0 saturated carbocycles. The lowest BCUT2D eigenvalue weighted by Crippen LogP contribution is -2.60. The molecule has 4 atom stereocenters. The summed E-state index contributed by atoms with van der Waals surface area (Å²) in [7, 11) is 0. The molecule has 9 heteroatoms. The molecule has 0 amide bonds. The summed E-state index contributed by atoms with van der Waals surface area (Å²) in [5.74, 6) is -3.67. The van der Waals surface area contributed by atoms with E-state index in [1.54, 1.807) is 47.6 Å². The molecule has 39 heavy (non-hydrogen) atoms. The summed E-state index contributed by atoms with van der Waals surface area (Å²) in [6, 6.07) is 4.22. The van der Waals surface area contributed by atoms with E-state index in [4.69, 9.17) is 14.2 Å². The fourth-order valence-electron chi connectivity index (χ4n) is 3.74. The Balaban J connectivity index is 3.55. The maximum absolute atomic E-state index is 12.8. The van der Waals surface area contributed by atoms with E-state index in [-0.39, 0.29) is 35.8 Å². The maximum Gasteiger partial charge on any atom is 0.364 e. The normalized spacial score (nSPS) is 15.4. The highest BCUT2D eigenvalue weighted by Crippen LogP contribution is 2.33. The summed E-state index contributed by atoms with van der Waals surface area (Å²) in [4.78, 5) is 50.9. The molecule has 1 aromatic carbocycles. The predicted octanol–water partition coefficient (Wildman–Crippen LogP) is 5.67. The van der Waals surface area contributed by atoms with E-state index in [0.29, 0.717) is 24.8 Å². The van der Waals surface area contributed by atoms with Crippen LogP contribution in [0.5, 0.6) is 11.5 Å². The van der Waals surface area contributed by atoms with Gasteiger partial charge in [0.25, 0.3) is 5.72 Å². The lowest BCUT2D eigenvalue weighted by atomic mass is 9.95. The van der Waals surface area contributed by atoms with Crippen molar-refractivity contribution in [3.8, 4) is 11.5 Å². The Morgan fingerprint density at radius 1 is 0.872 bits per heavy atom. The number of nitrogens with one attached hydrogen (secondary N) is 1. The van der Waals surface area contributed by atoms with Crippen molar-refractivity contribution < 1.29 is 38.5 Å². The van der Waals surface area contributed by atoms with E-state index in [1.165, 1.54) is 12.1 Å². The second-order valence-corrected chi connectivity index (χ2v) is 11.4. The Morgan fingerprint density at radius 2 is 1.38 bits per heavy atom. The first kappa shape index (κ1) is 34.1. The minimum absolute atomic E-state index is 0.00229. The summed E-state index contributed by atoms with van der Waals surface area (Å²) in [5.41, 5.74) is -2.62. The number of carboxylic acids is 1. The minimum atomic E-state index is -2.08. The number of esters is 3. The molecule has 9 nitrogen and oxygen atoms in total. The fourth-order valence-corrected chi connectivity index (χ4v) is 3.74. The molecule has 0 aliphatic carbocycles. The van der Waals surface area contributed by atoms with Crippen molar-refractivity contribution in [3.63, 3.8) is 0 Å². The second-order valence-electron chi connectivity index (χ2n) is 11.4. The molecule has 0 bridgehead atoms. The average molecular weight is 550 g/mol. The number of hydrogen-bond donors (Lipinski definition) is 2. The van der Waals surface area contributed by atoms with Gasteiger partial charge in [-0.3, -0.25) is 19.7 Å². The molecule has 0 aromatic heterocycles. The number of benzene rings is 1. The van der Waals surface area contributed by atoms with Crippen LogP contribution in [0.25, 0.3) is 0 Å². The zero-order chi connectivity index (χ0) is 30.0. The van der Waals surface area contributed by atoms with Gasteiger partial charge in [-0.05, 0) is 64.7 Å². The molecule has 1 aromatic rings. The quantitative estimate of drug-likeness (QED) is 0.161. The molecule has 1 rings (SSSR count). The van der Waals surface area contributed by atoms with E-state index >= 15 is 0 Å². The third-order valence-corrected chi connectivity index (χ3v) is 6.45. The van der Waals surface area contributed by atoms with E-state index < -0.39 is 35.0 Å². The highest BCUT2D eigenvalue weighted by atomic mass is 16.6. The van der Waals surface area contributed by atoms with Crippen LogP contribution in [0.15, 0.2) is 18.2 Å². The molecule has 3 unspecified atom stereocenters. The van der Waals surface area contributed by atoms with Crippen LogP contribution >= 0.6 is 0 Å². The average Bonchev–Trinajstić information content (AvgIpc) is 2.84. The first-order valence-electron chi connectivity index (χ1n) is 13.9. The molecular weight excluding hydrogens is 502 g/mol. The summed E-state index contributed by atoms with van der Waals surface area (Å²) < 4.78 is 16.9. The first-order valence-corrected chi connectivity index (χ1v) is 13.9. The SMILES string of the molecule is CCCC(C)C(=O)Oc1ccc(C[C@](NC(C)CC)(OC(=O)C(C)(C)C)C(=O)O)cc1OC(=O)C(C)CCC. The highest BCUT2D eigenvalue weighted by molar-refractivity contribution is 5.84. The van der Waals surface area contributed by atoms with Crippen LogP contribution in [0.3, 0.4) is 0 Å². The molecule has 0 fully saturated rings. The molecule has 0 spiro atoms. The van der Waals surface area contributed by atoms with Gasteiger partial charge in [-0.15, -0.1) is 0 Å². The Labute approximate surface area is 233 Å². The van der Waals surface area contributed by atoms with Gasteiger partial charge in [0, 0.05) is 12.5 Å². The van der Waals surface area contributed by atoms with Gasteiger partial charge in [-0.2, -0.15) is 0 Å². The van der Waals surface area contributed by atoms with Crippen molar-refractivity contribution in [2.75, 3.05) is 0 Å². The first-order chi connectivity index (χ1) is 18.1. The molecular formula is C30H47NO8. The molecule has 220 valence electrons. The highest BCUT2D eigenvalue weighted by Gasteiger charge is 2.46. The molecule has 0 aliphatic rings. The lowest BCUT2D eigenvalue weighted by molar-refractivity contribution is -0.190. The summed E-state index contributed by atoms with van der Waals surface area (Å²) >= 11 is 0. The Bertz CT molecular complexity index is 999. The van der Waals surface area contributed by atoms with Gasteiger partial charge >= 0.3 is 23.9 Å². The van der Waals surface area contributed by atoms with Gasteiger partial charge in [-0.25, -0.2) is 4.79 Å². The second kappa shape index (κ2) is 15.0. The number of aliphatic carboxylic acids is 1. The van der Waals surface area contributed by atoms with Crippen LogP contribution in [-0.4, -0.2) is 40.8 Å². The third kappa shape index (κ3) is 10.3. The van der Waals surface area contributed by atoms with Crippen molar-refractivity contribution in [3.05, 3.63) is 23.8 Å². The number of carbonyl (C=O) groups excluding carboxylic acids is 3. The smallest absolute Gasteiger partial charge is 0.364 e. The van der Waals surface area contributed by atoms with E-state index in [1.807, 2.05) is 20.8 Å². The Kier molecular flexibility index (Phi) is 13.1. The maximum atomic E-state index is 12.8. The number of ether oxygens (including phenoxy) is 3. The fraction of sp³-hybridized carbons (Fsp3) is 0.667. The lowest BCUT2D eigenvalue weighted by Gasteiger charge is -2.35. The van der Waals surface area contributed by atoms with E-state index in [2.05, 4.69) is 5.32 Å². The Hall–Kier alpha value is -2.94. The number of rotatable bonds is 15. The van der Waals surface area contributed by atoms with Crippen molar-refractivity contribution in [1.29, 1.82) is 0 Å². The van der Waals surface area contributed by atoms with Gasteiger partial charge in [0.05, 0.1) is 17.3 Å². The van der Waals surface area contributed by atoms with E-state index in [0.717, 1.165) is 12.8 Å². The number of carboxylic acid groups (broad SMARTS) is 1. The van der Waals surface area contributed by atoms with Gasteiger partial charge < -0.3 is 19.3 Å². The zero-order valence-corrected chi connectivity index (χ0v) is 25.0. The van der Waals surface area contributed by atoms with Crippen molar-refractivity contribution in [1.82, 2.24) is 5.32 Å². The number of hydrogen-bond acceptors (Lipinski definition) is 8. The largest absolute Gasteiger partial charge is 0.477 e. The van der Waals surface area contributed by atoms with Crippen molar-refractivity contribution in [2.45, 2.75) is 113 Å². The molecule has 0 radical (unpaired) electrons. The molecule has 2 N–H and O–H groups in total. The van der Waals surface area contributed by atoms with Crippen molar-refractivity contribution >= 4 is 23.9 Å².